The molecule has 2 unspecified atom stereocenters. The first-order chi connectivity index (χ1) is 9.90. The second-order valence-corrected chi connectivity index (χ2v) is 6.54. The average molecular weight is 289 g/mol. The van der Waals surface area contributed by atoms with Crippen LogP contribution in [0.4, 0.5) is 0 Å². The molecule has 21 heavy (non-hydrogen) atoms. The third kappa shape index (κ3) is 3.63. The molecule has 4 heteroatoms. The average Bonchev–Trinajstić information content (AvgIpc) is 2.74. The van der Waals surface area contributed by atoms with E-state index in [2.05, 4.69) is 55.3 Å². The van der Waals surface area contributed by atoms with Crippen molar-refractivity contribution in [1.82, 2.24) is 15.1 Å². The molecule has 1 fully saturated rings. The molecule has 0 aliphatic carbocycles. The summed E-state index contributed by atoms with van der Waals surface area (Å²) in [5.41, 5.74) is 2.40. The van der Waals surface area contributed by atoms with Crippen LogP contribution >= 0.6 is 0 Å². The monoisotopic (exact) mass is 289 g/mol. The van der Waals surface area contributed by atoms with E-state index in [0.717, 1.165) is 18.7 Å². The number of nitrogens with one attached hydrogen (secondary N) is 1. The Morgan fingerprint density at radius 3 is 2.38 bits per heavy atom. The number of amides is 1. The van der Waals surface area contributed by atoms with Crippen molar-refractivity contribution in [3.63, 3.8) is 0 Å². The third-order valence-corrected chi connectivity index (χ3v) is 4.05. The van der Waals surface area contributed by atoms with E-state index in [4.69, 9.17) is 0 Å². The topological polar surface area (TPSA) is 35.6 Å². The standard InChI is InChI=1S/C17H27N3O/c1-12(2)15-17(21)20(11-10-19(4)5)16(18-15)14-8-6-13(3)7-9-14/h6-9,12,15-16,18H,10-11H2,1-5H3. The molecular weight excluding hydrogens is 262 g/mol. The van der Waals surface area contributed by atoms with Gasteiger partial charge >= 0.3 is 0 Å². The fourth-order valence-electron chi connectivity index (χ4n) is 2.69. The molecule has 1 aliphatic heterocycles. The number of carbonyl (C=O) groups is 1. The van der Waals surface area contributed by atoms with Gasteiger partial charge in [-0.3, -0.25) is 10.1 Å². The van der Waals surface area contributed by atoms with E-state index < -0.39 is 0 Å². The highest BCUT2D eigenvalue weighted by Gasteiger charge is 2.40. The van der Waals surface area contributed by atoms with Gasteiger partial charge in [0.2, 0.25) is 5.91 Å². The van der Waals surface area contributed by atoms with Gasteiger partial charge < -0.3 is 9.80 Å². The van der Waals surface area contributed by atoms with Gasteiger partial charge in [0.05, 0.1) is 6.04 Å². The third-order valence-electron chi connectivity index (χ3n) is 4.05. The summed E-state index contributed by atoms with van der Waals surface area (Å²) in [6.07, 6.45) is -0.00884. The number of hydrogen-bond acceptors (Lipinski definition) is 3. The van der Waals surface area contributed by atoms with Crippen LogP contribution in [0.1, 0.15) is 31.1 Å². The van der Waals surface area contributed by atoms with Crippen molar-refractivity contribution >= 4 is 5.91 Å². The minimum absolute atomic E-state index is 0.00884. The van der Waals surface area contributed by atoms with Gasteiger partial charge in [0.1, 0.15) is 6.17 Å². The Balaban J connectivity index is 2.22. The van der Waals surface area contributed by atoms with E-state index in [0.29, 0.717) is 5.92 Å². The Hall–Kier alpha value is -1.39. The zero-order valence-electron chi connectivity index (χ0n) is 13.8. The van der Waals surface area contributed by atoms with E-state index in [1.165, 1.54) is 5.56 Å². The van der Waals surface area contributed by atoms with Crippen LogP contribution in [0.3, 0.4) is 0 Å². The maximum atomic E-state index is 12.7. The highest BCUT2D eigenvalue weighted by molar-refractivity contribution is 5.84. The Labute approximate surface area is 128 Å². The Kier molecular flexibility index (Phi) is 5.01. The predicted octanol–water partition coefficient (Wildman–Crippen LogP) is 2.01. The summed E-state index contributed by atoms with van der Waals surface area (Å²) in [5.74, 6) is 0.521. The van der Waals surface area contributed by atoms with Crippen molar-refractivity contribution in [3.05, 3.63) is 35.4 Å². The van der Waals surface area contributed by atoms with Crippen LogP contribution in [-0.2, 0) is 4.79 Å². The minimum atomic E-state index is -0.0848. The van der Waals surface area contributed by atoms with Gasteiger partial charge in [0, 0.05) is 13.1 Å². The molecular formula is C17H27N3O. The van der Waals surface area contributed by atoms with Crippen molar-refractivity contribution in [2.45, 2.75) is 33.0 Å². The molecule has 0 radical (unpaired) electrons. The largest absolute Gasteiger partial charge is 0.320 e. The van der Waals surface area contributed by atoms with Crippen LogP contribution in [0.5, 0.6) is 0 Å². The lowest BCUT2D eigenvalue weighted by molar-refractivity contribution is -0.130. The maximum Gasteiger partial charge on any atom is 0.241 e. The Morgan fingerprint density at radius 2 is 1.86 bits per heavy atom. The second kappa shape index (κ2) is 6.58. The summed E-state index contributed by atoms with van der Waals surface area (Å²) in [5, 5.41) is 3.51. The molecule has 0 bridgehead atoms. The van der Waals surface area contributed by atoms with Gasteiger partial charge in [0.25, 0.3) is 0 Å². The Bertz CT molecular complexity index is 481. The zero-order chi connectivity index (χ0) is 15.6. The summed E-state index contributed by atoms with van der Waals surface area (Å²) >= 11 is 0. The lowest BCUT2D eigenvalue weighted by Gasteiger charge is -2.26. The molecule has 0 aromatic heterocycles. The smallest absolute Gasteiger partial charge is 0.241 e. The van der Waals surface area contributed by atoms with Crippen molar-refractivity contribution in [3.8, 4) is 0 Å². The van der Waals surface area contributed by atoms with Crippen LogP contribution in [0.15, 0.2) is 24.3 Å². The zero-order valence-corrected chi connectivity index (χ0v) is 13.8. The van der Waals surface area contributed by atoms with Gasteiger partial charge in [0.15, 0.2) is 0 Å². The lowest BCUT2D eigenvalue weighted by atomic mass is 10.1. The predicted molar refractivity (Wildman–Crippen MR) is 85.9 cm³/mol. The number of aryl methyl sites for hydroxylation is 1. The van der Waals surface area contributed by atoms with Gasteiger partial charge in [-0.2, -0.15) is 0 Å². The van der Waals surface area contributed by atoms with Crippen LogP contribution in [0.25, 0.3) is 0 Å². The molecule has 0 spiro atoms. The van der Waals surface area contributed by atoms with Crippen LogP contribution < -0.4 is 5.32 Å². The van der Waals surface area contributed by atoms with E-state index in [9.17, 15) is 4.79 Å². The first-order valence-corrected chi connectivity index (χ1v) is 7.68. The molecule has 1 heterocycles. The van der Waals surface area contributed by atoms with Crippen LogP contribution in [0.2, 0.25) is 0 Å². The molecule has 116 valence electrons. The van der Waals surface area contributed by atoms with Gasteiger partial charge in [-0.05, 0) is 32.5 Å². The fraction of sp³-hybridized carbons (Fsp3) is 0.588. The summed E-state index contributed by atoms with van der Waals surface area (Å²) in [4.78, 5) is 16.7. The summed E-state index contributed by atoms with van der Waals surface area (Å²) in [6, 6.07) is 8.36. The SMILES string of the molecule is Cc1ccc(C2NC(C(C)C)C(=O)N2CCN(C)C)cc1. The van der Waals surface area contributed by atoms with E-state index >= 15 is 0 Å². The van der Waals surface area contributed by atoms with Gasteiger partial charge in [-0.25, -0.2) is 0 Å². The van der Waals surface area contributed by atoms with Gasteiger partial charge in [-0.1, -0.05) is 43.7 Å². The minimum Gasteiger partial charge on any atom is -0.320 e. The number of carbonyl (C=O) groups excluding carboxylic acids is 1. The fourth-order valence-corrected chi connectivity index (χ4v) is 2.69. The number of benzene rings is 1. The maximum absolute atomic E-state index is 12.7. The molecule has 1 aromatic rings. The van der Waals surface area contributed by atoms with Crippen molar-refractivity contribution < 1.29 is 4.79 Å². The molecule has 1 aliphatic rings. The molecule has 1 aromatic carbocycles. The highest BCUT2D eigenvalue weighted by atomic mass is 16.2. The summed E-state index contributed by atoms with van der Waals surface area (Å²) < 4.78 is 0. The first kappa shape index (κ1) is 16.0. The molecule has 1 N–H and O–H groups in total. The van der Waals surface area contributed by atoms with Crippen LogP contribution in [-0.4, -0.2) is 48.9 Å². The number of nitrogens with zero attached hydrogens (tertiary/aromatic N) is 2. The van der Waals surface area contributed by atoms with E-state index in [1.54, 1.807) is 0 Å². The number of likely N-dealkylation sites (N-methyl/N-ethyl adjacent to an activating group) is 1. The first-order valence-electron chi connectivity index (χ1n) is 7.68. The molecule has 0 saturated carbocycles. The van der Waals surface area contributed by atoms with Gasteiger partial charge in [-0.15, -0.1) is 0 Å². The second-order valence-electron chi connectivity index (χ2n) is 6.54. The van der Waals surface area contributed by atoms with E-state index in [-0.39, 0.29) is 18.1 Å². The van der Waals surface area contributed by atoms with E-state index in [1.807, 2.05) is 19.0 Å². The molecule has 4 nitrogen and oxygen atoms in total. The molecule has 2 atom stereocenters. The highest BCUT2D eigenvalue weighted by Crippen LogP contribution is 2.28. The normalized spacial score (nSPS) is 22.6. The number of hydrogen-bond donors (Lipinski definition) is 1. The van der Waals surface area contributed by atoms with Crippen molar-refractivity contribution in [2.24, 2.45) is 5.92 Å². The van der Waals surface area contributed by atoms with Crippen molar-refractivity contribution in [1.29, 1.82) is 0 Å². The van der Waals surface area contributed by atoms with Crippen molar-refractivity contribution in [2.75, 3.05) is 27.2 Å². The summed E-state index contributed by atoms with van der Waals surface area (Å²) in [6.45, 7) is 7.90. The van der Waals surface area contributed by atoms with Crippen LogP contribution in [0, 0.1) is 12.8 Å². The quantitative estimate of drug-likeness (QED) is 0.901. The molecule has 1 saturated heterocycles. The lowest BCUT2D eigenvalue weighted by Crippen LogP contribution is -2.37. The summed E-state index contributed by atoms with van der Waals surface area (Å²) in [7, 11) is 4.07. The molecule has 2 rings (SSSR count). The Morgan fingerprint density at radius 1 is 1.24 bits per heavy atom. The number of rotatable bonds is 5. The molecule has 1 amide bonds.